The Labute approximate surface area is 93.3 Å². The van der Waals surface area contributed by atoms with Gasteiger partial charge in [0.25, 0.3) is 0 Å². The molecule has 1 aromatic carbocycles. The summed E-state index contributed by atoms with van der Waals surface area (Å²) in [6.07, 6.45) is 3.82. The first kappa shape index (κ1) is 10.4. The average Bonchev–Trinajstić information content (AvgIpc) is 2.59. The Kier molecular flexibility index (Phi) is 2.68. The van der Waals surface area contributed by atoms with E-state index in [1.807, 2.05) is 35.6 Å². The second-order valence-electron chi connectivity index (χ2n) is 3.54. The van der Waals surface area contributed by atoms with Crippen LogP contribution < -0.4 is 4.57 Å². The molecule has 0 aliphatic heterocycles. The number of rotatable bonds is 2. The maximum atomic E-state index is 9.12. The minimum Gasteiger partial charge on any atom is -0.508 e. The Morgan fingerprint density at radius 2 is 1.88 bits per heavy atom. The summed E-state index contributed by atoms with van der Waals surface area (Å²) in [5, 5.41) is 17.3. The van der Waals surface area contributed by atoms with Crippen molar-refractivity contribution in [3.63, 3.8) is 0 Å². The van der Waals surface area contributed by atoms with Gasteiger partial charge in [-0.3, -0.25) is 0 Å². The number of hydrogen-bond donors (Lipinski definition) is 1. The third-order valence-corrected chi connectivity index (χ3v) is 2.25. The van der Waals surface area contributed by atoms with Crippen molar-refractivity contribution in [2.24, 2.45) is 24.3 Å². The van der Waals surface area contributed by atoms with E-state index in [1.54, 1.807) is 24.3 Å². The summed E-state index contributed by atoms with van der Waals surface area (Å²) in [7, 11) is 3.82. The van der Waals surface area contributed by atoms with E-state index >= 15 is 0 Å². The van der Waals surface area contributed by atoms with E-state index in [4.69, 9.17) is 5.11 Å². The third kappa shape index (κ3) is 2.08. The van der Waals surface area contributed by atoms with Crippen molar-refractivity contribution in [2.75, 3.05) is 0 Å². The standard InChI is InChI=1S/C11H12N4O/c1-14-7-8-15(2)11(14)13-12-9-3-5-10(16)6-4-9/h3-8H,1-2H3/p+1. The molecule has 0 saturated heterocycles. The SMILES string of the molecule is Cn1cc[n+](C)c1N=Nc1ccc(O)cc1. The van der Waals surface area contributed by atoms with Crippen molar-refractivity contribution in [1.29, 1.82) is 0 Å². The van der Waals surface area contributed by atoms with Crippen molar-refractivity contribution in [2.45, 2.75) is 0 Å². The van der Waals surface area contributed by atoms with E-state index in [2.05, 4.69) is 10.2 Å². The van der Waals surface area contributed by atoms with Crippen LogP contribution in [0.2, 0.25) is 0 Å². The summed E-state index contributed by atoms with van der Waals surface area (Å²) in [6.45, 7) is 0. The molecule has 0 spiro atoms. The molecule has 0 unspecified atom stereocenters. The average molecular weight is 217 g/mol. The highest BCUT2D eigenvalue weighted by molar-refractivity contribution is 5.40. The number of benzene rings is 1. The third-order valence-electron chi connectivity index (χ3n) is 2.25. The van der Waals surface area contributed by atoms with Gasteiger partial charge < -0.3 is 5.11 Å². The molecule has 0 amide bonds. The predicted octanol–water partition coefficient (Wildman–Crippen LogP) is 1.97. The molecule has 1 aromatic heterocycles. The van der Waals surface area contributed by atoms with E-state index < -0.39 is 0 Å². The van der Waals surface area contributed by atoms with Gasteiger partial charge in [-0.15, -0.1) is 0 Å². The Bertz CT molecular complexity index is 494. The molecule has 0 aliphatic carbocycles. The van der Waals surface area contributed by atoms with Gasteiger partial charge in [0, 0.05) is 5.11 Å². The number of nitrogens with zero attached hydrogens (tertiary/aromatic N) is 4. The van der Waals surface area contributed by atoms with Gasteiger partial charge in [0.15, 0.2) is 0 Å². The van der Waals surface area contributed by atoms with Crippen LogP contribution in [0.15, 0.2) is 46.9 Å². The molecule has 2 aromatic rings. The number of phenols is 1. The van der Waals surface area contributed by atoms with Crippen LogP contribution in [-0.2, 0) is 14.1 Å². The Morgan fingerprint density at radius 1 is 1.19 bits per heavy atom. The summed E-state index contributed by atoms with van der Waals surface area (Å²) >= 11 is 0. The molecule has 5 heteroatoms. The number of phenolic OH excluding ortho intramolecular Hbond substituents is 1. The summed E-state index contributed by atoms with van der Waals surface area (Å²) < 4.78 is 3.76. The number of imidazole rings is 1. The monoisotopic (exact) mass is 217 g/mol. The summed E-state index contributed by atoms with van der Waals surface area (Å²) in [4.78, 5) is 0. The van der Waals surface area contributed by atoms with Gasteiger partial charge in [-0.05, 0) is 24.3 Å². The zero-order valence-corrected chi connectivity index (χ0v) is 9.20. The van der Waals surface area contributed by atoms with Gasteiger partial charge >= 0.3 is 5.95 Å². The molecule has 1 N–H and O–H groups in total. The maximum absolute atomic E-state index is 9.12. The number of aryl methyl sites for hydroxylation is 2. The molecule has 2 rings (SSSR count). The maximum Gasteiger partial charge on any atom is 0.421 e. The van der Waals surface area contributed by atoms with Gasteiger partial charge in [0.2, 0.25) is 0 Å². The number of hydrogen-bond acceptors (Lipinski definition) is 3. The van der Waals surface area contributed by atoms with Gasteiger partial charge in [0.1, 0.15) is 11.4 Å². The summed E-state index contributed by atoms with van der Waals surface area (Å²) in [6, 6.07) is 6.59. The number of aromatic nitrogens is 2. The molecule has 0 aliphatic rings. The van der Waals surface area contributed by atoms with E-state index in [0.29, 0.717) is 5.69 Å². The van der Waals surface area contributed by atoms with Crippen LogP contribution in [0.4, 0.5) is 11.6 Å². The van der Waals surface area contributed by atoms with E-state index in [0.717, 1.165) is 5.95 Å². The molecule has 0 fully saturated rings. The zero-order chi connectivity index (χ0) is 11.5. The molecule has 0 radical (unpaired) electrons. The molecule has 0 atom stereocenters. The summed E-state index contributed by atoms with van der Waals surface area (Å²) in [5.74, 6) is 0.983. The van der Waals surface area contributed by atoms with E-state index in [9.17, 15) is 0 Å². The second-order valence-corrected chi connectivity index (χ2v) is 3.54. The molecule has 0 saturated carbocycles. The van der Waals surface area contributed by atoms with Crippen LogP contribution in [0.25, 0.3) is 0 Å². The van der Waals surface area contributed by atoms with Gasteiger partial charge in [-0.2, -0.15) is 0 Å². The second kappa shape index (κ2) is 4.14. The Morgan fingerprint density at radius 3 is 2.44 bits per heavy atom. The molecule has 0 bridgehead atoms. The van der Waals surface area contributed by atoms with Crippen molar-refractivity contribution < 1.29 is 9.67 Å². The largest absolute Gasteiger partial charge is 0.508 e. The lowest BCUT2D eigenvalue weighted by Gasteiger charge is -1.91. The van der Waals surface area contributed by atoms with Gasteiger partial charge in [-0.25, -0.2) is 9.13 Å². The zero-order valence-electron chi connectivity index (χ0n) is 9.20. The van der Waals surface area contributed by atoms with Crippen LogP contribution in [0, 0.1) is 0 Å². The smallest absolute Gasteiger partial charge is 0.421 e. The Balaban J connectivity index is 2.24. The van der Waals surface area contributed by atoms with Gasteiger partial charge in [0.05, 0.1) is 26.5 Å². The molecule has 1 heterocycles. The first-order valence-corrected chi connectivity index (χ1v) is 4.88. The molecular formula is C11H13N4O+. The van der Waals surface area contributed by atoms with Gasteiger partial charge in [-0.1, -0.05) is 5.11 Å². The Hall–Kier alpha value is -2.17. The number of azo groups is 1. The van der Waals surface area contributed by atoms with Crippen molar-refractivity contribution in [3.8, 4) is 5.75 Å². The van der Waals surface area contributed by atoms with E-state index in [1.165, 1.54) is 0 Å². The minimum absolute atomic E-state index is 0.225. The highest BCUT2D eigenvalue weighted by atomic mass is 16.3. The quantitative estimate of drug-likeness (QED) is 0.606. The number of aromatic hydroxyl groups is 1. The lowest BCUT2D eigenvalue weighted by Crippen LogP contribution is -2.25. The fourth-order valence-electron chi connectivity index (χ4n) is 1.34. The lowest BCUT2D eigenvalue weighted by molar-refractivity contribution is -0.657. The highest BCUT2D eigenvalue weighted by Gasteiger charge is 2.09. The topological polar surface area (TPSA) is 53.8 Å². The van der Waals surface area contributed by atoms with Crippen LogP contribution in [0.3, 0.4) is 0 Å². The molecule has 82 valence electrons. The van der Waals surface area contributed by atoms with Crippen LogP contribution in [-0.4, -0.2) is 9.67 Å². The molecule has 16 heavy (non-hydrogen) atoms. The molecule has 5 nitrogen and oxygen atoms in total. The fraction of sp³-hybridized carbons (Fsp3) is 0.182. The van der Waals surface area contributed by atoms with Crippen molar-refractivity contribution in [3.05, 3.63) is 36.7 Å². The van der Waals surface area contributed by atoms with E-state index in [-0.39, 0.29) is 5.75 Å². The predicted molar refractivity (Wildman–Crippen MR) is 58.9 cm³/mol. The molecular weight excluding hydrogens is 204 g/mol. The van der Waals surface area contributed by atoms with Crippen LogP contribution >= 0.6 is 0 Å². The normalized spacial score (nSPS) is 11.1. The first-order valence-electron chi connectivity index (χ1n) is 4.88. The minimum atomic E-state index is 0.225. The fourth-order valence-corrected chi connectivity index (χ4v) is 1.34. The summed E-state index contributed by atoms with van der Waals surface area (Å²) in [5.41, 5.74) is 0.707. The highest BCUT2D eigenvalue weighted by Crippen LogP contribution is 2.18. The van der Waals surface area contributed by atoms with Crippen molar-refractivity contribution >= 4 is 11.6 Å². The first-order chi connectivity index (χ1) is 7.66. The van der Waals surface area contributed by atoms with Crippen molar-refractivity contribution in [1.82, 2.24) is 4.57 Å². The van der Waals surface area contributed by atoms with Crippen LogP contribution in [0.1, 0.15) is 0 Å². The van der Waals surface area contributed by atoms with Crippen LogP contribution in [0.5, 0.6) is 5.75 Å². The lowest BCUT2D eigenvalue weighted by atomic mass is 10.3.